The SMILES string of the molecule is Cc1ccccc1C(CN1CCNCC1)C(C)C. The number of piperazine rings is 1. The number of benzene rings is 1. The van der Waals surface area contributed by atoms with Gasteiger partial charge in [-0.25, -0.2) is 0 Å². The van der Waals surface area contributed by atoms with Crippen LogP contribution in [0, 0.1) is 12.8 Å². The second-order valence-electron chi connectivity index (χ2n) is 5.76. The molecule has 0 radical (unpaired) electrons. The maximum Gasteiger partial charge on any atom is 0.0108 e. The third-order valence-corrected chi connectivity index (χ3v) is 4.06. The molecule has 100 valence electrons. The molecule has 2 rings (SSSR count). The van der Waals surface area contributed by atoms with Crippen molar-refractivity contribution in [2.45, 2.75) is 26.7 Å². The van der Waals surface area contributed by atoms with Gasteiger partial charge in [0.15, 0.2) is 0 Å². The van der Waals surface area contributed by atoms with E-state index >= 15 is 0 Å². The Morgan fingerprint density at radius 1 is 1.17 bits per heavy atom. The maximum atomic E-state index is 3.43. The van der Waals surface area contributed by atoms with Crippen molar-refractivity contribution < 1.29 is 0 Å². The molecule has 0 bridgehead atoms. The molecule has 0 saturated carbocycles. The van der Waals surface area contributed by atoms with Gasteiger partial charge in [-0.2, -0.15) is 0 Å². The highest BCUT2D eigenvalue weighted by Gasteiger charge is 2.21. The Kier molecular flexibility index (Phi) is 4.79. The van der Waals surface area contributed by atoms with Crippen LogP contribution in [-0.4, -0.2) is 37.6 Å². The molecule has 0 amide bonds. The maximum absolute atomic E-state index is 3.43. The minimum absolute atomic E-state index is 0.657. The van der Waals surface area contributed by atoms with Crippen LogP contribution in [0.15, 0.2) is 24.3 Å². The van der Waals surface area contributed by atoms with Crippen LogP contribution >= 0.6 is 0 Å². The summed E-state index contributed by atoms with van der Waals surface area (Å²) >= 11 is 0. The molecule has 1 aliphatic rings. The second kappa shape index (κ2) is 6.35. The Morgan fingerprint density at radius 3 is 2.44 bits per heavy atom. The van der Waals surface area contributed by atoms with E-state index in [9.17, 15) is 0 Å². The molecule has 1 aromatic rings. The van der Waals surface area contributed by atoms with Gasteiger partial charge >= 0.3 is 0 Å². The standard InChI is InChI=1S/C16H26N2/c1-13(2)16(12-18-10-8-17-9-11-18)15-7-5-4-6-14(15)3/h4-7,13,16-17H,8-12H2,1-3H3. The Hall–Kier alpha value is -0.860. The van der Waals surface area contributed by atoms with Crippen molar-refractivity contribution in [1.82, 2.24) is 10.2 Å². The van der Waals surface area contributed by atoms with Gasteiger partial charge < -0.3 is 10.2 Å². The van der Waals surface area contributed by atoms with Gasteiger partial charge in [0.25, 0.3) is 0 Å². The second-order valence-corrected chi connectivity index (χ2v) is 5.76. The Balaban J connectivity index is 2.10. The van der Waals surface area contributed by atoms with Crippen molar-refractivity contribution in [2.75, 3.05) is 32.7 Å². The minimum atomic E-state index is 0.657. The topological polar surface area (TPSA) is 15.3 Å². The van der Waals surface area contributed by atoms with Gasteiger partial charge in [-0.1, -0.05) is 38.1 Å². The Labute approximate surface area is 111 Å². The summed E-state index contributed by atoms with van der Waals surface area (Å²) in [7, 11) is 0. The number of hydrogen-bond acceptors (Lipinski definition) is 2. The molecule has 1 N–H and O–H groups in total. The van der Waals surface area contributed by atoms with E-state index in [0.29, 0.717) is 11.8 Å². The quantitative estimate of drug-likeness (QED) is 0.878. The van der Waals surface area contributed by atoms with E-state index < -0.39 is 0 Å². The molecule has 1 fully saturated rings. The van der Waals surface area contributed by atoms with Crippen molar-refractivity contribution in [2.24, 2.45) is 5.92 Å². The van der Waals surface area contributed by atoms with E-state index in [0.717, 1.165) is 13.1 Å². The molecular formula is C16H26N2. The van der Waals surface area contributed by atoms with Crippen LogP contribution in [0.1, 0.15) is 30.9 Å². The summed E-state index contributed by atoms with van der Waals surface area (Å²) in [6, 6.07) is 8.86. The summed E-state index contributed by atoms with van der Waals surface area (Å²) in [5, 5.41) is 3.43. The van der Waals surface area contributed by atoms with Crippen LogP contribution < -0.4 is 5.32 Å². The van der Waals surface area contributed by atoms with Gasteiger partial charge in [-0.15, -0.1) is 0 Å². The highest BCUT2D eigenvalue weighted by molar-refractivity contribution is 5.29. The van der Waals surface area contributed by atoms with E-state index in [4.69, 9.17) is 0 Å². The first-order valence-electron chi connectivity index (χ1n) is 7.17. The fourth-order valence-corrected chi connectivity index (χ4v) is 2.84. The predicted octanol–water partition coefficient (Wildman–Crippen LogP) is 2.64. The van der Waals surface area contributed by atoms with Crippen LogP contribution in [-0.2, 0) is 0 Å². The molecule has 18 heavy (non-hydrogen) atoms. The van der Waals surface area contributed by atoms with Crippen molar-refractivity contribution in [3.8, 4) is 0 Å². The average molecular weight is 246 g/mol. The lowest BCUT2D eigenvalue weighted by atomic mass is 9.85. The molecule has 2 heteroatoms. The van der Waals surface area contributed by atoms with E-state index in [1.807, 2.05) is 0 Å². The summed E-state index contributed by atoms with van der Waals surface area (Å²) in [5.74, 6) is 1.35. The Bertz CT molecular complexity index is 367. The first-order chi connectivity index (χ1) is 8.68. The number of hydrogen-bond donors (Lipinski definition) is 1. The van der Waals surface area contributed by atoms with Crippen LogP contribution in [0.3, 0.4) is 0 Å². The van der Waals surface area contributed by atoms with E-state index in [1.54, 1.807) is 0 Å². The molecule has 0 aliphatic carbocycles. The van der Waals surface area contributed by atoms with Gasteiger partial charge in [-0.05, 0) is 29.9 Å². The van der Waals surface area contributed by atoms with Crippen molar-refractivity contribution in [1.29, 1.82) is 0 Å². The van der Waals surface area contributed by atoms with Gasteiger partial charge in [0, 0.05) is 32.7 Å². The van der Waals surface area contributed by atoms with Crippen LogP contribution in [0.25, 0.3) is 0 Å². The average Bonchev–Trinajstić information content (AvgIpc) is 2.38. The van der Waals surface area contributed by atoms with E-state index in [-0.39, 0.29) is 0 Å². The highest BCUT2D eigenvalue weighted by atomic mass is 15.2. The summed E-state index contributed by atoms with van der Waals surface area (Å²) in [5.41, 5.74) is 2.97. The number of aryl methyl sites for hydroxylation is 1. The molecule has 1 aliphatic heterocycles. The third-order valence-electron chi connectivity index (χ3n) is 4.06. The summed E-state index contributed by atoms with van der Waals surface area (Å²) in [6.45, 7) is 12.8. The summed E-state index contributed by atoms with van der Waals surface area (Å²) in [6.07, 6.45) is 0. The molecule has 1 aromatic carbocycles. The highest BCUT2D eigenvalue weighted by Crippen LogP contribution is 2.28. The zero-order valence-corrected chi connectivity index (χ0v) is 11.9. The zero-order chi connectivity index (χ0) is 13.0. The zero-order valence-electron chi connectivity index (χ0n) is 11.9. The number of nitrogens with zero attached hydrogens (tertiary/aromatic N) is 1. The molecular weight excluding hydrogens is 220 g/mol. The van der Waals surface area contributed by atoms with Crippen molar-refractivity contribution in [3.05, 3.63) is 35.4 Å². The van der Waals surface area contributed by atoms with Crippen LogP contribution in [0.5, 0.6) is 0 Å². The van der Waals surface area contributed by atoms with E-state index in [2.05, 4.69) is 55.3 Å². The molecule has 1 atom stereocenters. The monoisotopic (exact) mass is 246 g/mol. The van der Waals surface area contributed by atoms with Crippen molar-refractivity contribution in [3.63, 3.8) is 0 Å². The van der Waals surface area contributed by atoms with Crippen LogP contribution in [0.4, 0.5) is 0 Å². The van der Waals surface area contributed by atoms with Gasteiger partial charge in [0.2, 0.25) is 0 Å². The Morgan fingerprint density at radius 2 is 1.83 bits per heavy atom. The fraction of sp³-hybridized carbons (Fsp3) is 0.625. The fourth-order valence-electron chi connectivity index (χ4n) is 2.84. The molecule has 0 spiro atoms. The van der Waals surface area contributed by atoms with Gasteiger partial charge in [-0.3, -0.25) is 0 Å². The van der Waals surface area contributed by atoms with Crippen molar-refractivity contribution >= 4 is 0 Å². The number of nitrogens with one attached hydrogen (secondary N) is 1. The summed E-state index contributed by atoms with van der Waals surface area (Å²) < 4.78 is 0. The molecule has 0 aromatic heterocycles. The smallest absolute Gasteiger partial charge is 0.0108 e. The first kappa shape index (κ1) is 13.6. The van der Waals surface area contributed by atoms with Gasteiger partial charge in [0.1, 0.15) is 0 Å². The van der Waals surface area contributed by atoms with Crippen LogP contribution in [0.2, 0.25) is 0 Å². The predicted molar refractivity (Wildman–Crippen MR) is 78.1 cm³/mol. The number of rotatable bonds is 4. The lowest BCUT2D eigenvalue weighted by molar-refractivity contribution is 0.211. The van der Waals surface area contributed by atoms with Gasteiger partial charge in [0.05, 0.1) is 0 Å². The molecule has 1 heterocycles. The molecule has 1 saturated heterocycles. The molecule has 1 unspecified atom stereocenters. The lowest BCUT2D eigenvalue weighted by Gasteiger charge is -2.33. The first-order valence-corrected chi connectivity index (χ1v) is 7.17. The minimum Gasteiger partial charge on any atom is -0.314 e. The third kappa shape index (κ3) is 3.33. The van der Waals surface area contributed by atoms with E-state index in [1.165, 1.54) is 30.8 Å². The summed E-state index contributed by atoms with van der Waals surface area (Å²) in [4.78, 5) is 2.60. The normalized spacial score (nSPS) is 19.1. The molecule has 2 nitrogen and oxygen atoms in total. The largest absolute Gasteiger partial charge is 0.314 e. The lowest BCUT2D eigenvalue weighted by Crippen LogP contribution is -2.45.